The van der Waals surface area contributed by atoms with Crippen molar-refractivity contribution in [1.29, 1.82) is 0 Å². The number of hydrogen-bond acceptors (Lipinski definition) is 4. The zero-order valence-corrected chi connectivity index (χ0v) is 8.84. The number of aliphatic hydroxyl groups is 1. The zero-order valence-electron chi connectivity index (χ0n) is 8.84. The SMILES string of the molecule is Nc1cnn(CCN2CCCC2CO)c1. The first kappa shape index (κ1) is 10.4. The van der Waals surface area contributed by atoms with Crippen molar-refractivity contribution in [3.05, 3.63) is 12.4 Å². The van der Waals surface area contributed by atoms with Gasteiger partial charge in [-0.15, -0.1) is 0 Å². The molecule has 0 aliphatic carbocycles. The van der Waals surface area contributed by atoms with Gasteiger partial charge in [-0.3, -0.25) is 9.58 Å². The Kier molecular flexibility index (Phi) is 3.23. The van der Waals surface area contributed by atoms with Gasteiger partial charge in [-0.05, 0) is 19.4 Å². The Hall–Kier alpha value is -1.07. The standard InChI is InChI=1S/C10H18N4O/c11-9-6-12-14(7-9)5-4-13-3-1-2-10(13)8-15/h6-7,10,15H,1-5,8,11H2. The Bertz CT molecular complexity index is 312. The number of nitrogens with zero attached hydrogens (tertiary/aromatic N) is 3. The second-order valence-electron chi connectivity index (χ2n) is 4.05. The van der Waals surface area contributed by atoms with Gasteiger partial charge in [-0.2, -0.15) is 5.10 Å². The van der Waals surface area contributed by atoms with Crippen LogP contribution >= 0.6 is 0 Å². The van der Waals surface area contributed by atoms with Gasteiger partial charge >= 0.3 is 0 Å². The molecule has 0 spiro atoms. The van der Waals surface area contributed by atoms with E-state index in [2.05, 4.69) is 10.00 Å². The Morgan fingerprint density at radius 2 is 2.40 bits per heavy atom. The van der Waals surface area contributed by atoms with Gasteiger partial charge in [0, 0.05) is 18.8 Å². The molecule has 1 fully saturated rings. The molecular formula is C10H18N4O. The summed E-state index contributed by atoms with van der Waals surface area (Å²) in [4.78, 5) is 2.32. The molecule has 0 radical (unpaired) electrons. The smallest absolute Gasteiger partial charge is 0.0719 e. The second-order valence-corrected chi connectivity index (χ2v) is 4.05. The van der Waals surface area contributed by atoms with E-state index in [0.717, 1.165) is 26.1 Å². The molecule has 1 aromatic rings. The van der Waals surface area contributed by atoms with Gasteiger partial charge in [0.15, 0.2) is 0 Å². The van der Waals surface area contributed by atoms with E-state index in [1.54, 1.807) is 6.20 Å². The fourth-order valence-electron chi connectivity index (χ4n) is 2.13. The summed E-state index contributed by atoms with van der Waals surface area (Å²) in [6.45, 7) is 3.13. The molecule has 1 unspecified atom stereocenters. The van der Waals surface area contributed by atoms with Gasteiger partial charge in [-0.1, -0.05) is 0 Å². The van der Waals surface area contributed by atoms with E-state index in [-0.39, 0.29) is 6.61 Å². The summed E-state index contributed by atoms with van der Waals surface area (Å²) in [7, 11) is 0. The summed E-state index contributed by atoms with van der Waals surface area (Å²) in [5.74, 6) is 0. The highest BCUT2D eigenvalue weighted by molar-refractivity contribution is 5.30. The summed E-state index contributed by atoms with van der Waals surface area (Å²) in [5, 5.41) is 13.3. The van der Waals surface area contributed by atoms with E-state index >= 15 is 0 Å². The quantitative estimate of drug-likeness (QED) is 0.729. The van der Waals surface area contributed by atoms with Crippen LogP contribution in [0.4, 0.5) is 5.69 Å². The second kappa shape index (κ2) is 4.63. The Morgan fingerprint density at radius 1 is 1.53 bits per heavy atom. The number of aliphatic hydroxyl groups excluding tert-OH is 1. The molecule has 0 saturated carbocycles. The van der Waals surface area contributed by atoms with E-state index in [0.29, 0.717) is 11.7 Å². The summed E-state index contributed by atoms with van der Waals surface area (Å²) in [5.41, 5.74) is 6.28. The van der Waals surface area contributed by atoms with Crippen LogP contribution < -0.4 is 5.73 Å². The third-order valence-electron chi connectivity index (χ3n) is 2.98. The van der Waals surface area contributed by atoms with E-state index in [1.165, 1.54) is 6.42 Å². The van der Waals surface area contributed by atoms with Gasteiger partial charge in [0.25, 0.3) is 0 Å². The van der Waals surface area contributed by atoms with Crippen LogP contribution in [0.15, 0.2) is 12.4 Å². The third kappa shape index (κ3) is 2.49. The number of likely N-dealkylation sites (tertiary alicyclic amines) is 1. The van der Waals surface area contributed by atoms with Crippen LogP contribution in [-0.2, 0) is 6.54 Å². The van der Waals surface area contributed by atoms with Crippen LogP contribution in [0.2, 0.25) is 0 Å². The Balaban J connectivity index is 1.82. The number of anilines is 1. The summed E-state index contributed by atoms with van der Waals surface area (Å²) in [6, 6.07) is 0.345. The molecule has 1 saturated heterocycles. The fourth-order valence-corrected chi connectivity index (χ4v) is 2.13. The molecule has 0 bridgehead atoms. The predicted octanol–water partition coefficient (Wildman–Crippen LogP) is -0.0780. The molecule has 1 atom stereocenters. The first-order valence-electron chi connectivity index (χ1n) is 5.42. The van der Waals surface area contributed by atoms with Crippen molar-refractivity contribution in [2.24, 2.45) is 0 Å². The third-order valence-corrected chi connectivity index (χ3v) is 2.98. The van der Waals surface area contributed by atoms with Crippen LogP contribution in [0.3, 0.4) is 0 Å². The van der Waals surface area contributed by atoms with Crippen LogP contribution in [0.25, 0.3) is 0 Å². The predicted molar refractivity (Wildman–Crippen MR) is 58.3 cm³/mol. The summed E-state index contributed by atoms with van der Waals surface area (Å²) in [6.07, 6.45) is 5.79. The highest BCUT2D eigenvalue weighted by atomic mass is 16.3. The minimum Gasteiger partial charge on any atom is -0.396 e. The molecule has 1 aliphatic rings. The number of rotatable bonds is 4. The van der Waals surface area contributed by atoms with Crippen LogP contribution in [0.1, 0.15) is 12.8 Å². The average Bonchev–Trinajstić information content (AvgIpc) is 2.83. The first-order valence-corrected chi connectivity index (χ1v) is 5.42. The van der Waals surface area contributed by atoms with Crippen molar-refractivity contribution >= 4 is 5.69 Å². The van der Waals surface area contributed by atoms with Gasteiger partial charge in [0.05, 0.1) is 25.0 Å². The van der Waals surface area contributed by atoms with E-state index in [1.807, 2.05) is 10.9 Å². The van der Waals surface area contributed by atoms with E-state index < -0.39 is 0 Å². The van der Waals surface area contributed by atoms with Crippen molar-refractivity contribution in [3.8, 4) is 0 Å². The molecular weight excluding hydrogens is 192 g/mol. The van der Waals surface area contributed by atoms with E-state index in [9.17, 15) is 0 Å². The maximum absolute atomic E-state index is 9.15. The minimum absolute atomic E-state index is 0.265. The van der Waals surface area contributed by atoms with Crippen molar-refractivity contribution in [2.75, 3.05) is 25.4 Å². The lowest BCUT2D eigenvalue weighted by atomic mass is 10.2. The molecule has 0 amide bonds. The van der Waals surface area contributed by atoms with Crippen LogP contribution in [0.5, 0.6) is 0 Å². The first-order chi connectivity index (χ1) is 7.29. The highest BCUT2D eigenvalue weighted by Crippen LogP contribution is 2.16. The minimum atomic E-state index is 0.265. The topological polar surface area (TPSA) is 67.3 Å². The lowest BCUT2D eigenvalue weighted by molar-refractivity contribution is 0.154. The zero-order chi connectivity index (χ0) is 10.7. The highest BCUT2D eigenvalue weighted by Gasteiger charge is 2.22. The van der Waals surface area contributed by atoms with Crippen molar-refractivity contribution in [2.45, 2.75) is 25.4 Å². The molecule has 5 nitrogen and oxygen atoms in total. The maximum atomic E-state index is 9.15. The molecule has 1 aliphatic heterocycles. The molecule has 3 N–H and O–H groups in total. The normalized spacial score (nSPS) is 22.3. The number of nitrogen functional groups attached to an aromatic ring is 1. The number of nitrogens with two attached hydrogens (primary N) is 1. The van der Waals surface area contributed by atoms with Crippen LogP contribution in [-0.4, -0.2) is 45.5 Å². The number of aromatic nitrogens is 2. The molecule has 15 heavy (non-hydrogen) atoms. The molecule has 0 aromatic carbocycles. The Morgan fingerprint density at radius 3 is 3.07 bits per heavy atom. The summed E-state index contributed by atoms with van der Waals surface area (Å²) >= 11 is 0. The molecule has 2 rings (SSSR count). The lowest BCUT2D eigenvalue weighted by Crippen LogP contribution is -2.34. The fraction of sp³-hybridized carbons (Fsp3) is 0.700. The molecule has 2 heterocycles. The van der Waals surface area contributed by atoms with E-state index in [4.69, 9.17) is 10.8 Å². The van der Waals surface area contributed by atoms with Gasteiger partial charge < -0.3 is 10.8 Å². The maximum Gasteiger partial charge on any atom is 0.0719 e. The van der Waals surface area contributed by atoms with Crippen molar-refractivity contribution < 1.29 is 5.11 Å². The largest absolute Gasteiger partial charge is 0.396 e. The van der Waals surface area contributed by atoms with Crippen molar-refractivity contribution in [1.82, 2.24) is 14.7 Å². The summed E-state index contributed by atoms with van der Waals surface area (Å²) < 4.78 is 1.85. The molecule has 5 heteroatoms. The van der Waals surface area contributed by atoms with Crippen LogP contribution in [0, 0.1) is 0 Å². The molecule has 84 valence electrons. The van der Waals surface area contributed by atoms with Crippen molar-refractivity contribution in [3.63, 3.8) is 0 Å². The lowest BCUT2D eigenvalue weighted by Gasteiger charge is -2.22. The molecule has 1 aromatic heterocycles. The Labute approximate surface area is 89.5 Å². The monoisotopic (exact) mass is 210 g/mol. The number of hydrogen-bond donors (Lipinski definition) is 2. The van der Waals surface area contributed by atoms with Gasteiger partial charge in [-0.25, -0.2) is 0 Å². The average molecular weight is 210 g/mol. The van der Waals surface area contributed by atoms with Gasteiger partial charge in [0.1, 0.15) is 0 Å². The van der Waals surface area contributed by atoms with Gasteiger partial charge in [0.2, 0.25) is 0 Å².